The van der Waals surface area contributed by atoms with E-state index in [0.29, 0.717) is 21.8 Å². The fourth-order valence-electron chi connectivity index (χ4n) is 2.71. The lowest BCUT2D eigenvalue weighted by atomic mass is 10.1. The van der Waals surface area contributed by atoms with Crippen LogP contribution in [0.15, 0.2) is 65.0 Å². The SMILES string of the molecule is O=c1c2c(-c3ccc(Cl)cc3)csc2ncn1Cc1ccc(F)cc1. The monoisotopic (exact) mass is 370 g/mol. The second-order valence-corrected chi connectivity index (χ2v) is 6.94. The highest BCUT2D eigenvalue weighted by atomic mass is 35.5. The van der Waals surface area contributed by atoms with Gasteiger partial charge in [-0.25, -0.2) is 9.37 Å². The Morgan fingerprint density at radius 1 is 1.08 bits per heavy atom. The molecule has 4 aromatic rings. The van der Waals surface area contributed by atoms with Gasteiger partial charge >= 0.3 is 0 Å². The molecule has 0 saturated heterocycles. The van der Waals surface area contributed by atoms with Crippen LogP contribution in [0.1, 0.15) is 5.56 Å². The van der Waals surface area contributed by atoms with Crippen molar-refractivity contribution < 1.29 is 4.39 Å². The van der Waals surface area contributed by atoms with E-state index in [4.69, 9.17) is 11.6 Å². The molecular formula is C19H12ClFN2OS. The molecule has 6 heteroatoms. The van der Waals surface area contributed by atoms with Gasteiger partial charge in [0.1, 0.15) is 10.6 Å². The molecule has 0 radical (unpaired) electrons. The van der Waals surface area contributed by atoms with E-state index in [1.54, 1.807) is 28.8 Å². The number of fused-ring (bicyclic) bond motifs is 1. The van der Waals surface area contributed by atoms with E-state index in [2.05, 4.69) is 4.98 Å². The van der Waals surface area contributed by atoms with Crippen LogP contribution in [-0.2, 0) is 6.54 Å². The summed E-state index contributed by atoms with van der Waals surface area (Å²) in [7, 11) is 0. The quantitative estimate of drug-likeness (QED) is 0.510. The molecule has 0 unspecified atom stereocenters. The van der Waals surface area contributed by atoms with Gasteiger partial charge in [-0.15, -0.1) is 11.3 Å². The van der Waals surface area contributed by atoms with Crippen molar-refractivity contribution >= 4 is 33.2 Å². The van der Waals surface area contributed by atoms with E-state index in [9.17, 15) is 9.18 Å². The third-order valence-electron chi connectivity index (χ3n) is 3.98. The highest BCUT2D eigenvalue weighted by Crippen LogP contribution is 2.31. The molecule has 2 aromatic heterocycles. The highest BCUT2D eigenvalue weighted by molar-refractivity contribution is 7.17. The molecule has 0 bridgehead atoms. The Bertz CT molecular complexity index is 1100. The first kappa shape index (κ1) is 16.0. The average Bonchev–Trinajstić information content (AvgIpc) is 3.05. The van der Waals surface area contributed by atoms with Crippen molar-refractivity contribution in [2.24, 2.45) is 0 Å². The molecule has 2 heterocycles. The molecule has 0 N–H and O–H groups in total. The molecule has 3 nitrogen and oxygen atoms in total. The maximum absolute atomic E-state index is 13.1. The summed E-state index contributed by atoms with van der Waals surface area (Å²) in [4.78, 5) is 18.1. The van der Waals surface area contributed by atoms with Gasteiger partial charge in [0.05, 0.1) is 18.3 Å². The summed E-state index contributed by atoms with van der Waals surface area (Å²) in [6.45, 7) is 0.345. The number of benzene rings is 2. The standard InChI is InChI=1S/C19H12ClFN2OS/c20-14-5-3-13(4-6-14)16-10-25-18-17(16)19(24)23(11-22-18)9-12-1-7-15(21)8-2-12/h1-8,10-11H,9H2. The van der Waals surface area contributed by atoms with Crippen molar-refractivity contribution in [2.75, 3.05) is 0 Å². The van der Waals surface area contributed by atoms with Gasteiger partial charge in [0, 0.05) is 16.0 Å². The summed E-state index contributed by atoms with van der Waals surface area (Å²) < 4.78 is 14.6. The van der Waals surface area contributed by atoms with Gasteiger partial charge in [-0.05, 0) is 35.4 Å². The first-order chi connectivity index (χ1) is 12.1. The third kappa shape index (κ3) is 3.08. The zero-order valence-electron chi connectivity index (χ0n) is 12.9. The van der Waals surface area contributed by atoms with E-state index in [1.807, 2.05) is 17.5 Å². The van der Waals surface area contributed by atoms with E-state index in [1.165, 1.54) is 29.8 Å². The fourth-order valence-corrected chi connectivity index (χ4v) is 3.74. The van der Waals surface area contributed by atoms with Crippen molar-refractivity contribution in [2.45, 2.75) is 6.54 Å². The van der Waals surface area contributed by atoms with Crippen molar-refractivity contribution in [1.29, 1.82) is 0 Å². The molecule has 25 heavy (non-hydrogen) atoms. The number of thiophene rings is 1. The van der Waals surface area contributed by atoms with Crippen LogP contribution < -0.4 is 5.56 Å². The van der Waals surface area contributed by atoms with Gasteiger partial charge in [0.25, 0.3) is 5.56 Å². The van der Waals surface area contributed by atoms with E-state index in [-0.39, 0.29) is 11.4 Å². The lowest BCUT2D eigenvalue weighted by molar-refractivity contribution is 0.626. The van der Waals surface area contributed by atoms with E-state index >= 15 is 0 Å². The summed E-state index contributed by atoms with van der Waals surface area (Å²) in [6, 6.07) is 13.5. The molecule has 0 fully saturated rings. The minimum atomic E-state index is -0.299. The smallest absolute Gasteiger partial charge is 0.263 e. The first-order valence-electron chi connectivity index (χ1n) is 7.59. The van der Waals surface area contributed by atoms with Crippen LogP contribution in [-0.4, -0.2) is 9.55 Å². The van der Waals surface area contributed by atoms with Gasteiger partial charge in [-0.1, -0.05) is 35.9 Å². The Morgan fingerprint density at radius 2 is 1.80 bits per heavy atom. The van der Waals surface area contributed by atoms with E-state index < -0.39 is 0 Å². The molecule has 0 aliphatic carbocycles. The fraction of sp³-hybridized carbons (Fsp3) is 0.0526. The molecule has 0 amide bonds. The zero-order valence-corrected chi connectivity index (χ0v) is 14.5. The second-order valence-electron chi connectivity index (χ2n) is 5.64. The third-order valence-corrected chi connectivity index (χ3v) is 5.12. The zero-order chi connectivity index (χ0) is 17.4. The van der Waals surface area contributed by atoms with E-state index in [0.717, 1.165) is 16.7 Å². The van der Waals surface area contributed by atoms with Crippen molar-refractivity contribution in [1.82, 2.24) is 9.55 Å². The summed E-state index contributed by atoms with van der Waals surface area (Å²) in [5.74, 6) is -0.299. The molecule has 2 aromatic carbocycles. The Balaban J connectivity index is 1.81. The van der Waals surface area contributed by atoms with Crippen LogP contribution in [0.5, 0.6) is 0 Å². The maximum atomic E-state index is 13.1. The number of halogens is 2. The largest absolute Gasteiger partial charge is 0.294 e. The highest BCUT2D eigenvalue weighted by Gasteiger charge is 2.13. The normalized spacial score (nSPS) is 11.1. The molecule has 0 saturated carbocycles. The number of nitrogens with zero attached hydrogens (tertiary/aromatic N) is 2. The van der Waals surface area contributed by atoms with Crippen LogP contribution in [0.2, 0.25) is 5.02 Å². The van der Waals surface area contributed by atoms with Gasteiger partial charge in [0.15, 0.2) is 0 Å². The molecular weight excluding hydrogens is 359 g/mol. The molecule has 0 aliphatic rings. The molecule has 124 valence electrons. The van der Waals surface area contributed by atoms with Crippen LogP contribution in [0.3, 0.4) is 0 Å². The summed E-state index contributed by atoms with van der Waals surface area (Å²) in [5, 5.41) is 3.18. The van der Waals surface area contributed by atoms with Crippen LogP contribution >= 0.6 is 22.9 Å². The lowest BCUT2D eigenvalue weighted by Crippen LogP contribution is -2.20. The van der Waals surface area contributed by atoms with Gasteiger partial charge in [-0.2, -0.15) is 0 Å². The predicted molar refractivity (Wildman–Crippen MR) is 99.8 cm³/mol. The Hall–Kier alpha value is -2.50. The summed E-state index contributed by atoms with van der Waals surface area (Å²) in [6.07, 6.45) is 1.54. The number of hydrogen-bond acceptors (Lipinski definition) is 3. The molecule has 4 rings (SSSR count). The van der Waals surface area contributed by atoms with Crippen molar-refractivity contribution in [3.05, 3.63) is 87.0 Å². The topological polar surface area (TPSA) is 34.9 Å². The minimum absolute atomic E-state index is 0.111. The molecule has 0 aliphatic heterocycles. The van der Waals surface area contributed by atoms with Gasteiger partial charge < -0.3 is 0 Å². The van der Waals surface area contributed by atoms with Crippen molar-refractivity contribution in [3.63, 3.8) is 0 Å². The lowest BCUT2D eigenvalue weighted by Gasteiger charge is -2.06. The summed E-state index contributed by atoms with van der Waals surface area (Å²) in [5.41, 5.74) is 2.50. The van der Waals surface area contributed by atoms with Crippen LogP contribution in [0, 0.1) is 5.82 Å². The van der Waals surface area contributed by atoms with Gasteiger partial charge in [0.2, 0.25) is 0 Å². The maximum Gasteiger partial charge on any atom is 0.263 e. The van der Waals surface area contributed by atoms with Crippen molar-refractivity contribution in [3.8, 4) is 11.1 Å². The number of rotatable bonds is 3. The number of hydrogen-bond donors (Lipinski definition) is 0. The Morgan fingerprint density at radius 3 is 2.52 bits per heavy atom. The molecule has 0 atom stereocenters. The van der Waals surface area contributed by atoms with Crippen LogP contribution in [0.4, 0.5) is 4.39 Å². The first-order valence-corrected chi connectivity index (χ1v) is 8.84. The predicted octanol–water partition coefficient (Wildman–Crippen LogP) is 4.97. The molecule has 0 spiro atoms. The second kappa shape index (κ2) is 6.43. The van der Waals surface area contributed by atoms with Gasteiger partial charge in [-0.3, -0.25) is 9.36 Å². The Kier molecular flexibility index (Phi) is 4.11. The minimum Gasteiger partial charge on any atom is -0.294 e. The Labute approximate surface area is 152 Å². The van der Waals surface area contributed by atoms with Crippen LogP contribution in [0.25, 0.3) is 21.3 Å². The average molecular weight is 371 g/mol. The summed E-state index contributed by atoms with van der Waals surface area (Å²) >= 11 is 7.38. The number of aromatic nitrogens is 2.